The maximum absolute atomic E-state index is 5.60. The van der Waals surface area contributed by atoms with Crippen LogP contribution in [0.1, 0.15) is 24.4 Å². The van der Waals surface area contributed by atoms with Crippen LogP contribution in [0.15, 0.2) is 24.5 Å². The maximum Gasteiger partial charge on any atom is 0.0525 e. The van der Waals surface area contributed by atoms with Crippen molar-refractivity contribution < 1.29 is 4.74 Å². The third kappa shape index (κ3) is 2.53. The summed E-state index contributed by atoms with van der Waals surface area (Å²) < 4.78 is 5.47. The van der Waals surface area contributed by atoms with E-state index in [1.54, 1.807) is 6.20 Å². The lowest BCUT2D eigenvalue weighted by molar-refractivity contribution is 0.0389. The van der Waals surface area contributed by atoms with E-state index in [9.17, 15) is 0 Å². The Morgan fingerprint density at radius 2 is 2.53 bits per heavy atom. The third-order valence-electron chi connectivity index (χ3n) is 2.89. The van der Waals surface area contributed by atoms with Crippen LogP contribution in [0.3, 0.4) is 0 Å². The van der Waals surface area contributed by atoms with Crippen LogP contribution in [-0.4, -0.2) is 18.2 Å². The van der Waals surface area contributed by atoms with Gasteiger partial charge in [0, 0.05) is 24.9 Å². The van der Waals surface area contributed by atoms with E-state index in [-0.39, 0.29) is 6.04 Å². The SMILES string of the molecule is NNC(c1cccnc1)C1CCCOC1. The van der Waals surface area contributed by atoms with Crippen molar-refractivity contribution in [2.75, 3.05) is 13.2 Å². The smallest absolute Gasteiger partial charge is 0.0525 e. The third-order valence-corrected chi connectivity index (χ3v) is 2.89. The van der Waals surface area contributed by atoms with Crippen LogP contribution in [0.2, 0.25) is 0 Å². The fourth-order valence-corrected chi connectivity index (χ4v) is 2.09. The summed E-state index contributed by atoms with van der Waals surface area (Å²) in [4.78, 5) is 4.11. The highest BCUT2D eigenvalue weighted by molar-refractivity contribution is 5.14. The molecule has 1 aromatic rings. The van der Waals surface area contributed by atoms with E-state index < -0.39 is 0 Å². The molecule has 1 fully saturated rings. The van der Waals surface area contributed by atoms with E-state index in [1.165, 1.54) is 0 Å². The van der Waals surface area contributed by atoms with E-state index in [0.717, 1.165) is 31.6 Å². The first-order chi connectivity index (χ1) is 7.42. The zero-order valence-electron chi connectivity index (χ0n) is 8.73. The molecule has 1 saturated heterocycles. The van der Waals surface area contributed by atoms with Crippen molar-refractivity contribution in [2.24, 2.45) is 11.8 Å². The van der Waals surface area contributed by atoms with Crippen LogP contribution in [0, 0.1) is 5.92 Å². The average Bonchev–Trinajstić information content (AvgIpc) is 2.33. The van der Waals surface area contributed by atoms with Crippen LogP contribution in [0.5, 0.6) is 0 Å². The molecule has 4 heteroatoms. The van der Waals surface area contributed by atoms with Crippen LogP contribution < -0.4 is 11.3 Å². The topological polar surface area (TPSA) is 60.2 Å². The number of aromatic nitrogens is 1. The highest BCUT2D eigenvalue weighted by Crippen LogP contribution is 2.27. The Labute approximate surface area is 89.8 Å². The minimum absolute atomic E-state index is 0.152. The summed E-state index contributed by atoms with van der Waals surface area (Å²) in [6.45, 7) is 1.66. The lowest BCUT2D eigenvalue weighted by Gasteiger charge is -2.29. The molecule has 0 saturated carbocycles. The number of pyridine rings is 1. The lowest BCUT2D eigenvalue weighted by Crippen LogP contribution is -2.37. The first-order valence-corrected chi connectivity index (χ1v) is 5.35. The molecule has 2 atom stereocenters. The predicted molar refractivity (Wildman–Crippen MR) is 57.8 cm³/mol. The molecule has 0 amide bonds. The van der Waals surface area contributed by atoms with Gasteiger partial charge in [-0.1, -0.05) is 6.07 Å². The molecule has 3 N–H and O–H groups in total. The average molecular weight is 207 g/mol. The quantitative estimate of drug-likeness (QED) is 0.573. The molecule has 4 nitrogen and oxygen atoms in total. The van der Waals surface area contributed by atoms with Gasteiger partial charge in [0.25, 0.3) is 0 Å². The normalized spacial score (nSPS) is 23.7. The van der Waals surface area contributed by atoms with E-state index in [1.807, 2.05) is 18.3 Å². The predicted octanol–water partition coefficient (Wildman–Crippen LogP) is 1.01. The second kappa shape index (κ2) is 5.21. The molecule has 15 heavy (non-hydrogen) atoms. The van der Waals surface area contributed by atoms with Gasteiger partial charge in [-0.25, -0.2) is 0 Å². The number of nitrogens with zero attached hydrogens (tertiary/aromatic N) is 1. The maximum atomic E-state index is 5.60. The van der Waals surface area contributed by atoms with Crippen LogP contribution >= 0.6 is 0 Å². The van der Waals surface area contributed by atoms with Crippen molar-refractivity contribution >= 4 is 0 Å². The molecule has 0 aliphatic carbocycles. The zero-order chi connectivity index (χ0) is 10.5. The van der Waals surface area contributed by atoms with Crippen molar-refractivity contribution in [3.63, 3.8) is 0 Å². The lowest BCUT2D eigenvalue weighted by atomic mass is 9.90. The zero-order valence-corrected chi connectivity index (χ0v) is 8.73. The van der Waals surface area contributed by atoms with Gasteiger partial charge in [-0.2, -0.15) is 0 Å². The Kier molecular flexibility index (Phi) is 3.66. The number of nitrogens with one attached hydrogen (secondary N) is 1. The first-order valence-electron chi connectivity index (χ1n) is 5.35. The van der Waals surface area contributed by atoms with Gasteiger partial charge >= 0.3 is 0 Å². The fraction of sp³-hybridized carbons (Fsp3) is 0.545. The summed E-state index contributed by atoms with van der Waals surface area (Å²) in [5.41, 5.74) is 4.00. The van der Waals surface area contributed by atoms with Gasteiger partial charge in [-0.15, -0.1) is 0 Å². The molecule has 2 heterocycles. The van der Waals surface area contributed by atoms with Gasteiger partial charge in [0.15, 0.2) is 0 Å². The van der Waals surface area contributed by atoms with Gasteiger partial charge in [-0.05, 0) is 24.5 Å². The van der Waals surface area contributed by atoms with Gasteiger partial charge in [0.2, 0.25) is 0 Å². The molecular formula is C11H17N3O. The second-order valence-corrected chi connectivity index (χ2v) is 3.91. The summed E-state index contributed by atoms with van der Waals surface area (Å²) in [5.74, 6) is 6.05. The Balaban J connectivity index is 2.09. The number of hydrazine groups is 1. The first kappa shape index (κ1) is 10.5. The van der Waals surface area contributed by atoms with Crippen molar-refractivity contribution in [1.29, 1.82) is 0 Å². The summed E-state index contributed by atoms with van der Waals surface area (Å²) >= 11 is 0. The number of nitrogens with two attached hydrogens (primary N) is 1. The Morgan fingerprint density at radius 1 is 1.60 bits per heavy atom. The van der Waals surface area contributed by atoms with Crippen LogP contribution in [0.4, 0.5) is 0 Å². The van der Waals surface area contributed by atoms with Crippen LogP contribution in [0.25, 0.3) is 0 Å². The molecule has 2 rings (SSSR count). The van der Waals surface area contributed by atoms with E-state index >= 15 is 0 Å². The van der Waals surface area contributed by atoms with Crippen molar-refractivity contribution in [3.05, 3.63) is 30.1 Å². The number of hydrogen-bond acceptors (Lipinski definition) is 4. The summed E-state index contributed by atoms with van der Waals surface area (Å²) in [6.07, 6.45) is 5.90. The van der Waals surface area contributed by atoms with Gasteiger partial charge in [-0.3, -0.25) is 16.3 Å². The monoisotopic (exact) mass is 207 g/mol. The number of rotatable bonds is 3. The van der Waals surface area contributed by atoms with Crippen LogP contribution in [-0.2, 0) is 4.74 Å². The Morgan fingerprint density at radius 3 is 3.13 bits per heavy atom. The van der Waals surface area contributed by atoms with Gasteiger partial charge in [0.05, 0.1) is 12.6 Å². The molecule has 0 bridgehead atoms. The standard InChI is InChI=1S/C11H17N3O/c12-14-11(9-3-1-5-13-7-9)10-4-2-6-15-8-10/h1,3,5,7,10-11,14H,2,4,6,8,12H2. The molecule has 0 aromatic carbocycles. The number of hydrogen-bond donors (Lipinski definition) is 2. The Bertz CT molecular complexity index is 285. The molecule has 1 aliphatic heterocycles. The summed E-state index contributed by atoms with van der Waals surface area (Å²) in [5, 5.41) is 0. The molecule has 0 radical (unpaired) electrons. The van der Waals surface area contributed by atoms with E-state index in [2.05, 4.69) is 10.4 Å². The highest BCUT2D eigenvalue weighted by Gasteiger charge is 2.24. The molecule has 0 spiro atoms. The minimum atomic E-state index is 0.152. The highest BCUT2D eigenvalue weighted by atomic mass is 16.5. The van der Waals surface area contributed by atoms with Crippen molar-refractivity contribution in [1.82, 2.24) is 10.4 Å². The van der Waals surface area contributed by atoms with E-state index in [4.69, 9.17) is 10.6 Å². The molecule has 2 unspecified atom stereocenters. The summed E-state index contributed by atoms with van der Waals surface area (Å²) in [6, 6.07) is 4.13. The van der Waals surface area contributed by atoms with E-state index in [0.29, 0.717) is 5.92 Å². The molecular weight excluding hydrogens is 190 g/mol. The molecule has 82 valence electrons. The molecule has 1 aliphatic rings. The summed E-state index contributed by atoms with van der Waals surface area (Å²) in [7, 11) is 0. The second-order valence-electron chi connectivity index (χ2n) is 3.91. The van der Waals surface area contributed by atoms with Gasteiger partial charge in [0.1, 0.15) is 0 Å². The van der Waals surface area contributed by atoms with Gasteiger partial charge < -0.3 is 4.74 Å². The fourth-order valence-electron chi connectivity index (χ4n) is 2.09. The Hall–Kier alpha value is -0.970. The largest absolute Gasteiger partial charge is 0.381 e. The minimum Gasteiger partial charge on any atom is -0.381 e. The number of ether oxygens (including phenoxy) is 1. The van der Waals surface area contributed by atoms with Crippen molar-refractivity contribution in [2.45, 2.75) is 18.9 Å². The molecule has 1 aromatic heterocycles. The van der Waals surface area contributed by atoms with Crippen molar-refractivity contribution in [3.8, 4) is 0 Å².